The van der Waals surface area contributed by atoms with E-state index in [0.717, 1.165) is 38.5 Å². The van der Waals surface area contributed by atoms with Gasteiger partial charge in [-0.15, -0.1) is 0 Å². The molecule has 0 aromatic carbocycles. The zero-order chi connectivity index (χ0) is 15.0. The Balaban J connectivity index is 1.97. The zero-order valence-corrected chi connectivity index (χ0v) is 12.5. The molecule has 0 aliphatic heterocycles. The van der Waals surface area contributed by atoms with Gasteiger partial charge in [0.2, 0.25) is 5.91 Å². The van der Waals surface area contributed by atoms with Gasteiger partial charge in [0.05, 0.1) is 5.41 Å². The third-order valence-electron chi connectivity index (χ3n) is 4.63. The van der Waals surface area contributed by atoms with Gasteiger partial charge >= 0.3 is 6.09 Å². The molecule has 0 spiro atoms. The van der Waals surface area contributed by atoms with E-state index in [-0.39, 0.29) is 23.0 Å². The summed E-state index contributed by atoms with van der Waals surface area (Å²) in [6.45, 7) is 5.55. The Hall–Kier alpha value is -1.30. The van der Waals surface area contributed by atoms with Crippen molar-refractivity contribution in [2.75, 3.05) is 0 Å². The van der Waals surface area contributed by atoms with Gasteiger partial charge in [-0.25, -0.2) is 10.6 Å². The zero-order valence-electron chi connectivity index (χ0n) is 12.5. The summed E-state index contributed by atoms with van der Waals surface area (Å²) in [5.41, 5.74) is 1.26. The predicted molar refractivity (Wildman–Crippen MR) is 74.6 cm³/mol. The van der Waals surface area contributed by atoms with Gasteiger partial charge in [-0.3, -0.25) is 10.2 Å². The van der Waals surface area contributed by atoms with Crippen LogP contribution in [-0.2, 0) is 9.53 Å². The van der Waals surface area contributed by atoms with Crippen LogP contribution >= 0.6 is 0 Å². The average Bonchev–Trinajstić information content (AvgIpc) is 2.37. The SMILES string of the molecule is CC(C)(C)OC(=O)NC12CCC(C(=O)NN)(CC1)CC2. The second-order valence-electron chi connectivity index (χ2n) is 7.16. The molecular weight excluding hydrogens is 258 g/mol. The van der Waals surface area contributed by atoms with Gasteiger partial charge in [0.25, 0.3) is 0 Å². The molecule has 4 N–H and O–H groups in total. The van der Waals surface area contributed by atoms with Crippen molar-refractivity contribution in [3.8, 4) is 0 Å². The molecule has 2 amide bonds. The first-order valence-electron chi connectivity index (χ1n) is 7.23. The number of hydrogen-bond donors (Lipinski definition) is 3. The summed E-state index contributed by atoms with van der Waals surface area (Å²) >= 11 is 0. The van der Waals surface area contributed by atoms with Crippen LogP contribution in [0.2, 0.25) is 0 Å². The molecule has 114 valence electrons. The monoisotopic (exact) mass is 283 g/mol. The van der Waals surface area contributed by atoms with E-state index >= 15 is 0 Å². The first kappa shape index (κ1) is 15.1. The Morgan fingerprint density at radius 3 is 1.95 bits per heavy atom. The second-order valence-corrected chi connectivity index (χ2v) is 7.16. The molecular formula is C14H25N3O3. The molecule has 3 rings (SSSR count). The fraction of sp³-hybridized carbons (Fsp3) is 0.857. The van der Waals surface area contributed by atoms with Crippen LogP contribution in [0.15, 0.2) is 0 Å². The lowest BCUT2D eigenvalue weighted by atomic mass is 9.57. The number of nitrogens with two attached hydrogens (primary N) is 1. The number of rotatable bonds is 2. The number of amides is 2. The van der Waals surface area contributed by atoms with Gasteiger partial charge in [-0.2, -0.15) is 0 Å². The van der Waals surface area contributed by atoms with Gasteiger partial charge in [-0.1, -0.05) is 0 Å². The van der Waals surface area contributed by atoms with Crippen molar-refractivity contribution in [3.05, 3.63) is 0 Å². The second kappa shape index (κ2) is 4.91. The van der Waals surface area contributed by atoms with Crippen LogP contribution in [0.4, 0.5) is 4.79 Å². The summed E-state index contributed by atoms with van der Waals surface area (Å²) < 4.78 is 5.33. The summed E-state index contributed by atoms with van der Waals surface area (Å²) in [5.74, 6) is 5.21. The average molecular weight is 283 g/mol. The molecule has 6 heteroatoms. The van der Waals surface area contributed by atoms with Crippen LogP contribution < -0.4 is 16.6 Å². The maximum absolute atomic E-state index is 11.9. The Labute approximate surface area is 119 Å². The molecule has 20 heavy (non-hydrogen) atoms. The van der Waals surface area contributed by atoms with Crippen molar-refractivity contribution in [2.45, 2.75) is 70.4 Å². The highest BCUT2D eigenvalue weighted by Crippen LogP contribution is 2.52. The van der Waals surface area contributed by atoms with Crippen LogP contribution in [0.1, 0.15) is 59.3 Å². The lowest BCUT2D eigenvalue weighted by Crippen LogP contribution is -2.60. The molecule has 3 aliphatic carbocycles. The third-order valence-corrected chi connectivity index (χ3v) is 4.63. The topological polar surface area (TPSA) is 93.4 Å². The number of fused-ring (bicyclic) bond motifs is 3. The van der Waals surface area contributed by atoms with Crippen molar-refractivity contribution < 1.29 is 14.3 Å². The number of hydrazine groups is 1. The molecule has 6 nitrogen and oxygen atoms in total. The normalized spacial score (nSPS) is 32.6. The van der Waals surface area contributed by atoms with E-state index in [1.165, 1.54) is 0 Å². The standard InChI is InChI=1S/C14H25N3O3/c1-12(2,3)20-11(19)16-14-7-4-13(5-8-14,6-9-14)10(18)17-15/h4-9,15H2,1-3H3,(H,16,19)(H,17,18). The van der Waals surface area contributed by atoms with Crippen LogP contribution in [0.5, 0.6) is 0 Å². The number of carbonyl (C=O) groups excluding carboxylic acids is 2. The Morgan fingerprint density at radius 1 is 1.05 bits per heavy atom. The van der Waals surface area contributed by atoms with E-state index in [0.29, 0.717) is 0 Å². The minimum absolute atomic E-state index is 0.0666. The smallest absolute Gasteiger partial charge is 0.408 e. The maximum Gasteiger partial charge on any atom is 0.408 e. The highest BCUT2D eigenvalue weighted by atomic mass is 16.6. The van der Waals surface area contributed by atoms with Crippen molar-refractivity contribution in [2.24, 2.45) is 11.3 Å². The maximum atomic E-state index is 11.9. The minimum atomic E-state index is -0.493. The molecule has 0 aromatic rings. The lowest BCUT2D eigenvalue weighted by Gasteiger charge is -2.52. The number of ether oxygens (including phenoxy) is 1. The van der Waals surface area contributed by atoms with Crippen LogP contribution in [0.25, 0.3) is 0 Å². The fourth-order valence-electron chi connectivity index (χ4n) is 3.39. The highest BCUT2D eigenvalue weighted by molar-refractivity contribution is 5.82. The van der Waals surface area contributed by atoms with Gasteiger partial charge in [0.15, 0.2) is 0 Å². The fourth-order valence-corrected chi connectivity index (χ4v) is 3.39. The number of nitrogens with one attached hydrogen (secondary N) is 2. The van der Waals surface area contributed by atoms with Crippen molar-refractivity contribution in [1.29, 1.82) is 0 Å². The number of alkyl carbamates (subject to hydrolysis) is 1. The quantitative estimate of drug-likeness (QED) is 0.407. The van der Waals surface area contributed by atoms with Crippen molar-refractivity contribution in [3.63, 3.8) is 0 Å². The Bertz CT molecular complexity index is 390. The van der Waals surface area contributed by atoms with E-state index in [4.69, 9.17) is 10.6 Å². The summed E-state index contributed by atoms with van der Waals surface area (Å²) in [4.78, 5) is 23.9. The number of hydrogen-bond acceptors (Lipinski definition) is 4. The molecule has 0 heterocycles. The molecule has 3 aliphatic rings. The molecule has 3 saturated carbocycles. The van der Waals surface area contributed by atoms with Crippen LogP contribution in [0.3, 0.4) is 0 Å². The number of carbonyl (C=O) groups is 2. The lowest BCUT2D eigenvalue weighted by molar-refractivity contribution is -0.138. The van der Waals surface area contributed by atoms with Gasteiger partial charge in [0, 0.05) is 5.54 Å². The summed E-state index contributed by atoms with van der Waals surface area (Å²) in [7, 11) is 0. The van der Waals surface area contributed by atoms with Crippen LogP contribution in [0, 0.1) is 5.41 Å². The summed E-state index contributed by atoms with van der Waals surface area (Å²) in [5, 5.41) is 3.03. The highest BCUT2D eigenvalue weighted by Gasteiger charge is 2.53. The molecule has 0 unspecified atom stereocenters. The molecule has 2 bridgehead atoms. The van der Waals surface area contributed by atoms with E-state index in [1.54, 1.807) is 0 Å². The van der Waals surface area contributed by atoms with E-state index in [9.17, 15) is 9.59 Å². The molecule has 0 saturated heterocycles. The van der Waals surface area contributed by atoms with Gasteiger partial charge < -0.3 is 10.1 Å². The van der Waals surface area contributed by atoms with Gasteiger partial charge in [0.1, 0.15) is 5.60 Å². The van der Waals surface area contributed by atoms with Crippen molar-refractivity contribution >= 4 is 12.0 Å². The largest absolute Gasteiger partial charge is 0.444 e. The third kappa shape index (κ3) is 2.90. The van der Waals surface area contributed by atoms with E-state index in [2.05, 4.69) is 10.7 Å². The van der Waals surface area contributed by atoms with Crippen LogP contribution in [-0.4, -0.2) is 23.1 Å². The summed E-state index contributed by atoms with van der Waals surface area (Å²) in [6, 6.07) is 0. The first-order valence-corrected chi connectivity index (χ1v) is 7.23. The van der Waals surface area contributed by atoms with E-state index in [1.807, 2.05) is 20.8 Å². The molecule has 0 radical (unpaired) electrons. The Morgan fingerprint density at radius 2 is 1.55 bits per heavy atom. The van der Waals surface area contributed by atoms with E-state index < -0.39 is 5.60 Å². The van der Waals surface area contributed by atoms with Crippen molar-refractivity contribution in [1.82, 2.24) is 10.7 Å². The molecule has 0 aromatic heterocycles. The Kier molecular flexibility index (Phi) is 3.71. The molecule has 3 fully saturated rings. The first-order chi connectivity index (χ1) is 9.20. The minimum Gasteiger partial charge on any atom is -0.444 e. The molecule has 0 atom stereocenters. The van der Waals surface area contributed by atoms with Gasteiger partial charge in [-0.05, 0) is 59.3 Å². The summed E-state index contributed by atoms with van der Waals surface area (Å²) in [6.07, 6.45) is 4.36. The predicted octanol–water partition coefficient (Wildman–Crippen LogP) is 1.59.